The van der Waals surface area contributed by atoms with E-state index >= 15 is 0 Å². The van der Waals surface area contributed by atoms with Gasteiger partial charge in [0.2, 0.25) is 11.8 Å². The Balaban J connectivity index is 1.74. The van der Waals surface area contributed by atoms with Crippen molar-refractivity contribution in [3.63, 3.8) is 0 Å². The maximum atomic E-state index is 13.8. The lowest BCUT2D eigenvalue weighted by Gasteiger charge is -2.33. The molecule has 6 nitrogen and oxygen atoms in total. The number of hydrogen-bond donors (Lipinski definition) is 1. The summed E-state index contributed by atoms with van der Waals surface area (Å²) in [6.45, 7) is 1.97. The van der Waals surface area contributed by atoms with Crippen molar-refractivity contribution in [2.75, 3.05) is 12.0 Å². The molecule has 1 fully saturated rings. The van der Waals surface area contributed by atoms with Crippen LogP contribution in [0.4, 0.5) is 5.69 Å². The Morgan fingerprint density at radius 3 is 2.37 bits per heavy atom. The van der Waals surface area contributed by atoms with Crippen molar-refractivity contribution in [3.05, 3.63) is 74.1 Å². The van der Waals surface area contributed by atoms with Crippen molar-refractivity contribution in [1.29, 1.82) is 0 Å². The number of aryl methyl sites for hydroxylation is 1. The number of hydrogen-bond acceptors (Lipinski definition) is 6. The molecule has 0 bridgehead atoms. The van der Waals surface area contributed by atoms with Crippen LogP contribution in [0.15, 0.2) is 53.2 Å². The first-order chi connectivity index (χ1) is 17.0. The molecule has 0 radical (unpaired) electrons. The largest absolute Gasteiger partial charge is 0.465 e. The van der Waals surface area contributed by atoms with Crippen LogP contribution < -0.4 is 10.2 Å². The molecule has 184 valence electrons. The van der Waals surface area contributed by atoms with Gasteiger partial charge in [-0.25, -0.2) is 4.79 Å². The Morgan fingerprint density at radius 2 is 1.77 bits per heavy atom. The van der Waals surface area contributed by atoms with E-state index in [0.29, 0.717) is 11.3 Å². The van der Waals surface area contributed by atoms with Crippen LogP contribution in [0.1, 0.15) is 63.8 Å². The fraction of sp³-hybridized carbons (Fsp3) is 0.370. The topological polar surface area (TPSA) is 75.7 Å². The van der Waals surface area contributed by atoms with E-state index in [1.807, 2.05) is 35.9 Å². The van der Waals surface area contributed by atoms with Gasteiger partial charge in [-0.15, -0.1) is 22.7 Å². The van der Waals surface area contributed by atoms with Crippen LogP contribution in [-0.2, 0) is 20.7 Å². The lowest BCUT2D eigenvalue weighted by Crippen LogP contribution is -2.47. The molecule has 0 spiro atoms. The summed E-state index contributed by atoms with van der Waals surface area (Å²) < 4.78 is 4.82. The van der Waals surface area contributed by atoms with E-state index in [0.717, 1.165) is 41.0 Å². The van der Waals surface area contributed by atoms with Crippen molar-refractivity contribution in [2.24, 2.45) is 0 Å². The number of carbonyl (C=O) groups is 3. The second kappa shape index (κ2) is 11.6. The third-order valence-corrected chi connectivity index (χ3v) is 8.30. The summed E-state index contributed by atoms with van der Waals surface area (Å²) in [6, 6.07) is 11.8. The number of esters is 1. The van der Waals surface area contributed by atoms with Crippen molar-refractivity contribution >= 4 is 46.1 Å². The van der Waals surface area contributed by atoms with Gasteiger partial charge in [-0.1, -0.05) is 25.3 Å². The molecule has 1 N–H and O–H groups in total. The van der Waals surface area contributed by atoms with E-state index in [2.05, 4.69) is 5.32 Å². The van der Waals surface area contributed by atoms with E-state index in [4.69, 9.17) is 4.74 Å². The van der Waals surface area contributed by atoms with Crippen LogP contribution in [0.2, 0.25) is 0 Å². The number of nitrogens with one attached hydrogen (secondary N) is 1. The van der Waals surface area contributed by atoms with Gasteiger partial charge in [-0.05, 0) is 72.5 Å². The van der Waals surface area contributed by atoms with Crippen LogP contribution in [0, 0.1) is 6.92 Å². The molecule has 2 heterocycles. The number of anilines is 1. The summed E-state index contributed by atoms with van der Waals surface area (Å²) in [5.74, 6) is -0.789. The monoisotopic (exact) mass is 510 g/mol. The van der Waals surface area contributed by atoms with Crippen LogP contribution in [0.5, 0.6) is 0 Å². The maximum absolute atomic E-state index is 13.8. The molecule has 2 amide bonds. The fourth-order valence-corrected chi connectivity index (χ4v) is 6.22. The molecule has 1 atom stereocenters. The summed E-state index contributed by atoms with van der Waals surface area (Å²) in [5.41, 5.74) is 1.92. The molecule has 1 aliphatic carbocycles. The standard InChI is InChI=1S/C27H30N2O4S2/c1-18-14-16-35-25(18)24(26(31)28-20-7-4-3-5-8-20)29(23(30)17-22-9-6-15-34-22)21-12-10-19(11-13-21)27(32)33-2/h6,9-16,20,24H,3-5,7-8,17H2,1-2H3,(H,28,31). The number of rotatable bonds is 8. The van der Waals surface area contributed by atoms with Crippen molar-refractivity contribution < 1.29 is 19.1 Å². The Bertz CT molecular complexity index is 1150. The smallest absolute Gasteiger partial charge is 0.337 e. The predicted molar refractivity (Wildman–Crippen MR) is 140 cm³/mol. The minimum atomic E-state index is -0.798. The van der Waals surface area contributed by atoms with Gasteiger partial charge < -0.3 is 10.1 Å². The second-order valence-electron chi connectivity index (χ2n) is 8.77. The summed E-state index contributed by atoms with van der Waals surface area (Å²) in [5, 5.41) is 7.13. The highest BCUT2D eigenvalue weighted by Crippen LogP contribution is 2.34. The Labute approximate surface area is 213 Å². The second-order valence-corrected chi connectivity index (χ2v) is 10.8. The summed E-state index contributed by atoms with van der Waals surface area (Å²) in [7, 11) is 1.33. The van der Waals surface area contributed by atoms with Gasteiger partial charge >= 0.3 is 5.97 Å². The molecule has 1 unspecified atom stereocenters. The van der Waals surface area contributed by atoms with Gasteiger partial charge in [0.05, 0.1) is 19.1 Å². The highest BCUT2D eigenvalue weighted by Gasteiger charge is 2.35. The number of carbonyl (C=O) groups excluding carboxylic acids is 3. The molecule has 4 rings (SSSR count). The van der Waals surface area contributed by atoms with Gasteiger partial charge in [0.15, 0.2) is 0 Å². The molecule has 3 aromatic rings. The van der Waals surface area contributed by atoms with Crippen molar-refractivity contribution in [1.82, 2.24) is 5.32 Å². The Kier molecular flexibility index (Phi) is 8.36. The molecule has 0 aliphatic heterocycles. The number of amides is 2. The number of benzene rings is 1. The molecule has 8 heteroatoms. The zero-order valence-corrected chi connectivity index (χ0v) is 21.6. The van der Waals surface area contributed by atoms with Crippen LogP contribution in [0.3, 0.4) is 0 Å². The predicted octanol–water partition coefficient (Wildman–Crippen LogP) is 5.67. The first kappa shape index (κ1) is 25.1. The van der Waals surface area contributed by atoms with E-state index in [1.54, 1.807) is 29.2 Å². The van der Waals surface area contributed by atoms with Crippen LogP contribution >= 0.6 is 22.7 Å². The van der Waals surface area contributed by atoms with E-state index in [9.17, 15) is 14.4 Å². The van der Waals surface area contributed by atoms with E-state index < -0.39 is 12.0 Å². The third-order valence-electron chi connectivity index (χ3n) is 6.35. The molecule has 0 saturated heterocycles. The van der Waals surface area contributed by atoms with Crippen molar-refractivity contribution in [3.8, 4) is 0 Å². The third kappa shape index (κ3) is 6.00. The van der Waals surface area contributed by atoms with Crippen LogP contribution in [-0.4, -0.2) is 30.9 Å². The highest BCUT2D eigenvalue weighted by atomic mass is 32.1. The van der Waals surface area contributed by atoms with E-state index in [1.165, 1.54) is 36.2 Å². The summed E-state index contributed by atoms with van der Waals surface area (Å²) >= 11 is 3.00. The van der Waals surface area contributed by atoms with Crippen molar-refractivity contribution in [2.45, 2.75) is 57.5 Å². The Hall–Kier alpha value is -2.97. The SMILES string of the molecule is COC(=O)c1ccc(N(C(=O)Cc2cccs2)C(C(=O)NC2CCCCC2)c2sccc2C)cc1. The molecular formula is C27H30N2O4S2. The first-order valence-electron chi connectivity index (χ1n) is 11.8. The first-order valence-corrected chi connectivity index (χ1v) is 13.6. The van der Waals surface area contributed by atoms with Gasteiger partial charge in [-0.3, -0.25) is 14.5 Å². The quantitative estimate of drug-likeness (QED) is 0.396. The fourth-order valence-electron chi connectivity index (χ4n) is 4.51. The molecule has 1 saturated carbocycles. The summed E-state index contributed by atoms with van der Waals surface area (Å²) in [6.07, 6.45) is 5.50. The highest BCUT2D eigenvalue weighted by molar-refractivity contribution is 7.10. The number of methoxy groups -OCH3 is 1. The maximum Gasteiger partial charge on any atom is 0.337 e. The molecular weight excluding hydrogens is 480 g/mol. The number of ether oxygens (including phenoxy) is 1. The lowest BCUT2D eigenvalue weighted by molar-refractivity contribution is -0.127. The molecule has 2 aromatic heterocycles. The minimum Gasteiger partial charge on any atom is -0.465 e. The average molecular weight is 511 g/mol. The van der Waals surface area contributed by atoms with E-state index in [-0.39, 0.29) is 24.3 Å². The van der Waals surface area contributed by atoms with Gasteiger partial charge in [0.1, 0.15) is 6.04 Å². The zero-order chi connectivity index (χ0) is 24.8. The van der Waals surface area contributed by atoms with Crippen LogP contribution in [0.25, 0.3) is 0 Å². The average Bonchev–Trinajstić information content (AvgIpc) is 3.54. The summed E-state index contributed by atoms with van der Waals surface area (Å²) in [4.78, 5) is 43.0. The van der Waals surface area contributed by atoms with Gasteiger partial charge in [0.25, 0.3) is 0 Å². The normalized spacial score (nSPS) is 14.8. The Morgan fingerprint density at radius 1 is 1.03 bits per heavy atom. The zero-order valence-electron chi connectivity index (χ0n) is 20.0. The number of thiophene rings is 2. The minimum absolute atomic E-state index is 0.120. The lowest BCUT2D eigenvalue weighted by atomic mass is 9.95. The molecule has 1 aliphatic rings. The van der Waals surface area contributed by atoms with Gasteiger partial charge in [0, 0.05) is 21.5 Å². The number of nitrogens with zero attached hydrogens (tertiary/aromatic N) is 1. The molecule has 35 heavy (non-hydrogen) atoms. The molecule has 1 aromatic carbocycles. The van der Waals surface area contributed by atoms with Gasteiger partial charge in [-0.2, -0.15) is 0 Å².